The first-order chi connectivity index (χ1) is 8.74. The van der Waals surface area contributed by atoms with Crippen LogP contribution in [0.15, 0.2) is 24.3 Å². The van der Waals surface area contributed by atoms with Gasteiger partial charge in [-0.3, -0.25) is 4.79 Å². The summed E-state index contributed by atoms with van der Waals surface area (Å²) in [5.41, 5.74) is 5.22. The van der Waals surface area contributed by atoms with E-state index < -0.39 is 0 Å². The highest BCUT2D eigenvalue weighted by Crippen LogP contribution is 2.08. The average molecular weight is 247 g/mol. The summed E-state index contributed by atoms with van der Waals surface area (Å²) in [5.74, 6) is 0.00410. The maximum Gasteiger partial charge on any atom is 0.239 e. The molecule has 1 aliphatic rings. The van der Waals surface area contributed by atoms with E-state index in [2.05, 4.69) is 15.8 Å². The maximum absolute atomic E-state index is 11.7. The molecule has 0 unspecified atom stereocenters. The van der Waals surface area contributed by atoms with Crippen molar-refractivity contribution in [2.24, 2.45) is 0 Å². The van der Waals surface area contributed by atoms with Crippen molar-refractivity contribution >= 4 is 11.6 Å². The van der Waals surface area contributed by atoms with Gasteiger partial charge >= 0.3 is 0 Å². The lowest BCUT2D eigenvalue weighted by Gasteiger charge is -2.26. The largest absolute Gasteiger partial charge is 0.325 e. The van der Waals surface area contributed by atoms with Crippen LogP contribution in [0.2, 0.25) is 0 Å². The van der Waals surface area contributed by atoms with E-state index in [1.54, 1.807) is 0 Å². The van der Waals surface area contributed by atoms with Crippen molar-refractivity contribution in [1.82, 2.24) is 10.4 Å². The molecule has 2 N–H and O–H groups in total. The van der Waals surface area contributed by atoms with Gasteiger partial charge in [-0.2, -0.15) is 0 Å². The van der Waals surface area contributed by atoms with Crippen molar-refractivity contribution in [3.05, 3.63) is 29.8 Å². The molecule has 1 amide bonds. The quantitative estimate of drug-likeness (QED) is 0.854. The summed E-state index contributed by atoms with van der Waals surface area (Å²) < 4.78 is 0. The number of hydrogen-bond donors (Lipinski definition) is 2. The molecule has 1 heterocycles. The molecule has 1 aromatic rings. The number of nitrogens with zero attached hydrogens (tertiary/aromatic N) is 1. The summed E-state index contributed by atoms with van der Waals surface area (Å²) in [6.07, 6.45) is 3.73. The Morgan fingerprint density at radius 2 is 1.83 bits per heavy atom. The Hall–Kier alpha value is -1.39. The van der Waals surface area contributed by atoms with Crippen LogP contribution in [-0.4, -0.2) is 30.6 Å². The summed E-state index contributed by atoms with van der Waals surface area (Å²) in [7, 11) is 0. The normalized spacial score (nSPS) is 16.5. The molecule has 0 saturated carbocycles. The van der Waals surface area contributed by atoms with E-state index in [9.17, 15) is 4.79 Å². The number of hydrogen-bond acceptors (Lipinski definition) is 3. The van der Waals surface area contributed by atoms with Crippen LogP contribution in [0.3, 0.4) is 0 Å². The molecule has 0 bridgehead atoms. The first-order valence-corrected chi connectivity index (χ1v) is 6.59. The molecule has 1 aliphatic heterocycles. The van der Waals surface area contributed by atoms with E-state index in [0.29, 0.717) is 6.54 Å². The molecule has 0 aromatic heterocycles. The molecule has 0 atom stereocenters. The SMILES string of the molecule is Cc1ccc(NC(=O)CNN2CCCCC2)cc1. The minimum Gasteiger partial charge on any atom is -0.325 e. The molecule has 18 heavy (non-hydrogen) atoms. The fraction of sp³-hybridized carbons (Fsp3) is 0.500. The number of carbonyl (C=O) groups is 1. The van der Waals surface area contributed by atoms with Gasteiger partial charge in [0.15, 0.2) is 0 Å². The summed E-state index contributed by atoms with van der Waals surface area (Å²) in [6, 6.07) is 7.84. The van der Waals surface area contributed by atoms with Crippen LogP contribution in [0.5, 0.6) is 0 Å². The second-order valence-electron chi connectivity index (χ2n) is 4.80. The molecule has 0 aliphatic carbocycles. The average Bonchev–Trinajstić information content (AvgIpc) is 2.40. The lowest BCUT2D eigenvalue weighted by molar-refractivity contribution is -0.116. The lowest BCUT2D eigenvalue weighted by atomic mass is 10.2. The van der Waals surface area contributed by atoms with Crippen LogP contribution in [0, 0.1) is 6.92 Å². The third-order valence-corrected chi connectivity index (χ3v) is 3.15. The van der Waals surface area contributed by atoms with Crippen LogP contribution in [0.25, 0.3) is 0 Å². The standard InChI is InChI=1S/C14H21N3O/c1-12-5-7-13(8-6-12)16-14(18)11-15-17-9-3-2-4-10-17/h5-8,15H,2-4,9-11H2,1H3,(H,16,18). The van der Waals surface area contributed by atoms with Gasteiger partial charge < -0.3 is 5.32 Å². The third-order valence-electron chi connectivity index (χ3n) is 3.15. The monoisotopic (exact) mass is 247 g/mol. The second-order valence-corrected chi connectivity index (χ2v) is 4.80. The fourth-order valence-electron chi connectivity index (χ4n) is 2.08. The van der Waals surface area contributed by atoms with E-state index in [-0.39, 0.29) is 5.91 Å². The van der Waals surface area contributed by atoms with Crippen molar-refractivity contribution in [2.45, 2.75) is 26.2 Å². The highest BCUT2D eigenvalue weighted by atomic mass is 16.2. The summed E-state index contributed by atoms with van der Waals surface area (Å²) in [5, 5.41) is 5.02. The zero-order chi connectivity index (χ0) is 12.8. The van der Waals surface area contributed by atoms with E-state index in [4.69, 9.17) is 0 Å². The topological polar surface area (TPSA) is 44.4 Å². The second kappa shape index (κ2) is 6.52. The number of amides is 1. The predicted octanol–water partition coefficient (Wildman–Crippen LogP) is 1.92. The van der Waals surface area contributed by atoms with Crippen molar-refractivity contribution in [1.29, 1.82) is 0 Å². The van der Waals surface area contributed by atoms with E-state index in [0.717, 1.165) is 18.8 Å². The number of rotatable bonds is 4. The Morgan fingerprint density at radius 1 is 1.17 bits per heavy atom. The molecule has 98 valence electrons. The van der Waals surface area contributed by atoms with E-state index in [1.165, 1.54) is 24.8 Å². The number of hydrazine groups is 1. The van der Waals surface area contributed by atoms with E-state index >= 15 is 0 Å². The molecular weight excluding hydrogens is 226 g/mol. The number of piperidine rings is 1. The van der Waals surface area contributed by atoms with Gasteiger partial charge in [0.2, 0.25) is 5.91 Å². The predicted molar refractivity (Wildman–Crippen MR) is 73.2 cm³/mol. The molecular formula is C14H21N3O. The van der Waals surface area contributed by atoms with Crippen LogP contribution >= 0.6 is 0 Å². The molecule has 2 rings (SSSR count). The zero-order valence-electron chi connectivity index (χ0n) is 10.9. The van der Waals surface area contributed by atoms with Gasteiger partial charge in [-0.05, 0) is 31.9 Å². The van der Waals surface area contributed by atoms with Crippen molar-refractivity contribution in [3.63, 3.8) is 0 Å². The first kappa shape index (κ1) is 13.1. The Labute approximate surface area is 108 Å². The maximum atomic E-state index is 11.7. The third kappa shape index (κ3) is 4.13. The minimum atomic E-state index is 0.00410. The smallest absolute Gasteiger partial charge is 0.239 e. The highest BCUT2D eigenvalue weighted by molar-refractivity contribution is 5.92. The Kier molecular flexibility index (Phi) is 4.73. The molecule has 1 saturated heterocycles. The van der Waals surface area contributed by atoms with Crippen LogP contribution in [-0.2, 0) is 4.79 Å². The zero-order valence-corrected chi connectivity index (χ0v) is 10.9. The Morgan fingerprint density at radius 3 is 2.50 bits per heavy atom. The lowest BCUT2D eigenvalue weighted by Crippen LogP contribution is -2.45. The number of nitrogens with one attached hydrogen (secondary N) is 2. The van der Waals surface area contributed by atoms with Gasteiger partial charge in [0.1, 0.15) is 0 Å². The number of anilines is 1. The minimum absolute atomic E-state index is 0.00410. The van der Waals surface area contributed by atoms with Crippen LogP contribution < -0.4 is 10.7 Å². The van der Waals surface area contributed by atoms with E-state index in [1.807, 2.05) is 31.2 Å². The van der Waals surface area contributed by atoms with Gasteiger partial charge in [0.25, 0.3) is 0 Å². The van der Waals surface area contributed by atoms with Crippen molar-refractivity contribution in [3.8, 4) is 0 Å². The molecule has 1 aromatic carbocycles. The number of carbonyl (C=O) groups excluding carboxylic acids is 1. The van der Waals surface area contributed by atoms with Crippen LogP contribution in [0.4, 0.5) is 5.69 Å². The summed E-state index contributed by atoms with van der Waals surface area (Å²) in [4.78, 5) is 11.7. The first-order valence-electron chi connectivity index (χ1n) is 6.59. The molecule has 1 fully saturated rings. The fourth-order valence-corrected chi connectivity index (χ4v) is 2.08. The van der Waals surface area contributed by atoms with Gasteiger partial charge in [0.05, 0.1) is 6.54 Å². The van der Waals surface area contributed by atoms with Crippen molar-refractivity contribution < 1.29 is 4.79 Å². The Bertz CT molecular complexity index is 383. The summed E-state index contributed by atoms with van der Waals surface area (Å²) >= 11 is 0. The molecule has 0 radical (unpaired) electrons. The molecule has 4 nitrogen and oxygen atoms in total. The number of benzene rings is 1. The van der Waals surface area contributed by atoms with Gasteiger partial charge in [-0.1, -0.05) is 24.1 Å². The molecule has 4 heteroatoms. The van der Waals surface area contributed by atoms with Crippen LogP contribution in [0.1, 0.15) is 24.8 Å². The Balaban J connectivity index is 1.73. The number of aryl methyl sites for hydroxylation is 1. The highest BCUT2D eigenvalue weighted by Gasteiger charge is 2.10. The molecule has 0 spiro atoms. The van der Waals surface area contributed by atoms with Gasteiger partial charge in [-0.15, -0.1) is 0 Å². The van der Waals surface area contributed by atoms with Gasteiger partial charge in [0, 0.05) is 18.8 Å². The van der Waals surface area contributed by atoms with Crippen molar-refractivity contribution in [2.75, 3.05) is 25.0 Å². The summed E-state index contributed by atoms with van der Waals surface area (Å²) in [6.45, 7) is 4.45. The van der Waals surface area contributed by atoms with Gasteiger partial charge in [-0.25, -0.2) is 10.4 Å².